The summed E-state index contributed by atoms with van der Waals surface area (Å²) in [5.74, 6) is 1.32. The van der Waals surface area contributed by atoms with E-state index < -0.39 is 0 Å². The normalized spacial score (nSPS) is 14.8. The average Bonchev–Trinajstić information content (AvgIpc) is 2.68. The van der Waals surface area contributed by atoms with Gasteiger partial charge in [-0.15, -0.1) is 24.0 Å². The number of aliphatic imine (C=N–C) groups is 1. The van der Waals surface area contributed by atoms with E-state index in [4.69, 9.17) is 10.5 Å². The van der Waals surface area contributed by atoms with E-state index >= 15 is 0 Å². The highest BCUT2D eigenvalue weighted by Crippen LogP contribution is 2.28. The van der Waals surface area contributed by atoms with E-state index in [1.807, 2.05) is 12.1 Å². The molecular weight excluding hydrogens is 463 g/mol. The van der Waals surface area contributed by atoms with Crippen LogP contribution in [0, 0.1) is 0 Å². The van der Waals surface area contributed by atoms with Gasteiger partial charge >= 0.3 is 0 Å². The predicted molar refractivity (Wildman–Crippen MR) is 128 cm³/mol. The minimum Gasteiger partial charge on any atom is -0.497 e. The third kappa shape index (κ3) is 5.61. The molecule has 0 aliphatic heterocycles. The van der Waals surface area contributed by atoms with Crippen LogP contribution in [0.1, 0.15) is 35.6 Å². The summed E-state index contributed by atoms with van der Waals surface area (Å²) in [5, 5.41) is 3.32. The third-order valence-electron chi connectivity index (χ3n) is 5.22. The molecule has 2 aromatic carbocycles. The van der Waals surface area contributed by atoms with Gasteiger partial charge in [0.05, 0.1) is 19.7 Å². The van der Waals surface area contributed by atoms with Crippen molar-refractivity contribution in [2.24, 2.45) is 10.7 Å². The van der Waals surface area contributed by atoms with Crippen molar-refractivity contribution in [2.75, 3.05) is 33.1 Å². The first kappa shape index (κ1) is 22.5. The van der Waals surface area contributed by atoms with E-state index in [0.29, 0.717) is 12.5 Å². The minimum absolute atomic E-state index is 0. The number of aryl methyl sites for hydroxylation is 1. The Morgan fingerprint density at radius 2 is 1.86 bits per heavy atom. The van der Waals surface area contributed by atoms with Crippen LogP contribution in [0.4, 0.5) is 5.69 Å². The Kier molecular flexibility index (Phi) is 8.57. The van der Waals surface area contributed by atoms with Crippen molar-refractivity contribution in [3.05, 3.63) is 59.2 Å². The highest BCUT2D eigenvalue weighted by molar-refractivity contribution is 14.0. The highest BCUT2D eigenvalue weighted by atomic mass is 127. The molecule has 0 radical (unpaired) electrons. The Morgan fingerprint density at radius 1 is 1.14 bits per heavy atom. The first-order valence-electron chi connectivity index (χ1n) is 9.56. The van der Waals surface area contributed by atoms with Gasteiger partial charge in [-0.25, -0.2) is 0 Å². The lowest BCUT2D eigenvalue weighted by Crippen LogP contribution is -2.27. The Labute approximate surface area is 185 Å². The summed E-state index contributed by atoms with van der Waals surface area (Å²) in [5.41, 5.74) is 11.3. The lowest BCUT2D eigenvalue weighted by atomic mass is 9.90. The number of nitrogens with zero attached hydrogens (tertiary/aromatic N) is 2. The first-order valence-corrected chi connectivity index (χ1v) is 9.56. The number of nitrogens with two attached hydrogens (primary N) is 1. The van der Waals surface area contributed by atoms with Crippen LogP contribution in [0.2, 0.25) is 0 Å². The number of likely N-dealkylation sites (N-methyl/N-ethyl adjacent to an activating group) is 1. The summed E-state index contributed by atoms with van der Waals surface area (Å²) in [7, 11) is 5.79. The van der Waals surface area contributed by atoms with E-state index in [2.05, 4.69) is 59.6 Å². The monoisotopic (exact) mass is 494 g/mol. The number of guanidine groups is 1. The van der Waals surface area contributed by atoms with Gasteiger partial charge in [0.2, 0.25) is 0 Å². The van der Waals surface area contributed by atoms with Crippen molar-refractivity contribution in [1.82, 2.24) is 4.90 Å². The van der Waals surface area contributed by atoms with Crippen molar-refractivity contribution in [2.45, 2.75) is 31.7 Å². The maximum Gasteiger partial charge on any atom is 0.193 e. The molecule has 152 valence electrons. The van der Waals surface area contributed by atoms with Crippen LogP contribution in [0.15, 0.2) is 47.5 Å². The van der Waals surface area contributed by atoms with Gasteiger partial charge in [-0.2, -0.15) is 0 Å². The summed E-state index contributed by atoms with van der Waals surface area (Å²) < 4.78 is 5.25. The smallest absolute Gasteiger partial charge is 0.193 e. The molecular formula is C22H31IN4O. The summed E-state index contributed by atoms with van der Waals surface area (Å²) in [6.07, 6.45) is 4.77. The van der Waals surface area contributed by atoms with Gasteiger partial charge in [-0.05, 0) is 74.7 Å². The molecule has 2 aromatic rings. The second-order valence-electron chi connectivity index (χ2n) is 7.25. The number of halogens is 1. The molecule has 3 rings (SSSR count). The minimum atomic E-state index is 0. The zero-order chi connectivity index (χ0) is 19.2. The van der Waals surface area contributed by atoms with Crippen LogP contribution >= 0.6 is 24.0 Å². The molecule has 6 heteroatoms. The molecule has 1 aliphatic carbocycles. The standard InChI is InChI=1S/C22H30N4O.HI/c1-26(2)21(17-11-13-18(27-3)14-12-17)15-24-22(23)25-20-10-6-8-16-7-4-5-9-19(16)20;/h6,8,10-14,21H,4-5,7,9,15H2,1-3H3,(H3,23,24,25);1H. The number of fused-ring (bicyclic) bond motifs is 1. The van der Waals surface area contributed by atoms with Crippen molar-refractivity contribution in [3.63, 3.8) is 0 Å². The van der Waals surface area contributed by atoms with E-state index in [1.54, 1.807) is 7.11 Å². The fraction of sp³-hybridized carbons (Fsp3) is 0.409. The van der Waals surface area contributed by atoms with Crippen molar-refractivity contribution in [3.8, 4) is 5.75 Å². The second-order valence-corrected chi connectivity index (χ2v) is 7.25. The summed E-state index contributed by atoms with van der Waals surface area (Å²) >= 11 is 0. The lowest BCUT2D eigenvalue weighted by Gasteiger charge is -2.24. The molecule has 5 nitrogen and oxygen atoms in total. The molecule has 1 atom stereocenters. The number of ether oxygens (including phenoxy) is 1. The SMILES string of the molecule is COc1ccc(C(CN=C(N)Nc2cccc3c2CCCC3)N(C)C)cc1.I. The largest absolute Gasteiger partial charge is 0.497 e. The van der Waals surface area contributed by atoms with Crippen LogP contribution < -0.4 is 15.8 Å². The molecule has 0 spiro atoms. The number of hydrogen-bond donors (Lipinski definition) is 2. The molecule has 0 saturated heterocycles. The Hall–Kier alpha value is -1.80. The summed E-state index contributed by atoms with van der Waals surface area (Å²) in [4.78, 5) is 6.78. The maximum absolute atomic E-state index is 6.21. The second kappa shape index (κ2) is 10.7. The van der Waals surface area contributed by atoms with Gasteiger partial charge in [0, 0.05) is 5.69 Å². The van der Waals surface area contributed by atoms with Crippen LogP contribution in [-0.2, 0) is 12.8 Å². The van der Waals surface area contributed by atoms with Gasteiger partial charge in [-0.3, -0.25) is 4.99 Å². The zero-order valence-electron chi connectivity index (χ0n) is 16.9. The Balaban J connectivity index is 0.00000280. The molecule has 0 amide bonds. The quantitative estimate of drug-likeness (QED) is 0.359. The van der Waals surface area contributed by atoms with Crippen LogP contribution in [0.25, 0.3) is 0 Å². The summed E-state index contributed by atoms with van der Waals surface area (Å²) in [6.45, 7) is 0.590. The number of methoxy groups -OCH3 is 1. The van der Waals surface area contributed by atoms with E-state index in [0.717, 1.165) is 24.3 Å². The van der Waals surface area contributed by atoms with Gasteiger partial charge in [-0.1, -0.05) is 24.3 Å². The van der Waals surface area contributed by atoms with Gasteiger partial charge in [0.1, 0.15) is 5.75 Å². The van der Waals surface area contributed by atoms with Crippen LogP contribution in [-0.4, -0.2) is 38.6 Å². The van der Waals surface area contributed by atoms with Crippen molar-refractivity contribution < 1.29 is 4.74 Å². The van der Waals surface area contributed by atoms with Crippen LogP contribution in [0.3, 0.4) is 0 Å². The number of rotatable bonds is 6. The number of nitrogens with one attached hydrogen (secondary N) is 1. The average molecular weight is 494 g/mol. The number of hydrogen-bond acceptors (Lipinski definition) is 3. The van der Waals surface area contributed by atoms with Crippen molar-refractivity contribution in [1.29, 1.82) is 0 Å². The highest BCUT2D eigenvalue weighted by Gasteiger charge is 2.15. The molecule has 0 bridgehead atoms. The fourth-order valence-electron chi connectivity index (χ4n) is 3.65. The van der Waals surface area contributed by atoms with Crippen LogP contribution in [0.5, 0.6) is 5.75 Å². The summed E-state index contributed by atoms with van der Waals surface area (Å²) in [6, 6.07) is 14.7. The molecule has 3 N–H and O–H groups in total. The van der Waals surface area contributed by atoms with E-state index in [9.17, 15) is 0 Å². The Bertz CT molecular complexity index is 790. The van der Waals surface area contributed by atoms with E-state index in [-0.39, 0.29) is 30.0 Å². The first-order chi connectivity index (χ1) is 13.1. The molecule has 1 unspecified atom stereocenters. The molecule has 0 heterocycles. The molecule has 28 heavy (non-hydrogen) atoms. The van der Waals surface area contributed by atoms with Crippen molar-refractivity contribution >= 4 is 35.6 Å². The van der Waals surface area contributed by atoms with E-state index in [1.165, 1.54) is 29.5 Å². The fourth-order valence-corrected chi connectivity index (χ4v) is 3.65. The molecule has 0 fully saturated rings. The lowest BCUT2D eigenvalue weighted by molar-refractivity contribution is 0.306. The molecule has 0 saturated carbocycles. The maximum atomic E-state index is 6.21. The molecule has 1 aliphatic rings. The topological polar surface area (TPSA) is 62.9 Å². The van der Waals surface area contributed by atoms with Gasteiger partial charge in [0.25, 0.3) is 0 Å². The molecule has 0 aromatic heterocycles. The van der Waals surface area contributed by atoms with Gasteiger partial charge < -0.3 is 20.7 Å². The Morgan fingerprint density at radius 3 is 2.54 bits per heavy atom. The third-order valence-corrected chi connectivity index (χ3v) is 5.22. The zero-order valence-corrected chi connectivity index (χ0v) is 19.3. The number of anilines is 1. The van der Waals surface area contributed by atoms with Gasteiger partial charge in [0.15, 0.2) is 5.96 Å². The predicted octanol–water partition coefficient (Wildman–Crippen LogP) is 4.22. The number of benzene rings is 2.